The molecule has 0 saturated heterocycles. The molecule has 0 radical (unpaired) electrons. The van der Waals surface area contributed by atoms with E-state index in [9.17, 15) is 31.1 Å². The van der Waals surface area contributed by atoms with Crippen molar-refractivity contribution >= 4 is 17.4 Å². The summed E-state index contributed by atoms with van der Waals surface area (Å²) in [6.45, 7) is 0. The fourth-order valence-corrected chi connectivity index (χ4v) is 1.13. The molecule has 0 aromatic heterocycles. The Morgan fingerprint density at radius 1 is 1.06 bits per heavy atom. The molecule has 0 unspecified atom stereocenters. The average Bonchev–Trinajstić information content (AvgIpc) is 2.10. The molecule has 0 amide bonds. The molecule has 0 saturated carbocycles. The maximum atomic E-state index is 12.1. The van der Waals surface area contributed by atoms with Crippen LogP contribution in [0, 0.1) is 0 Å². The number of Topliss-reactive ketones (excluding diaryl/α,β-unsaturated/α-hetero) is 1. The van der Waals surface area contributed by atoms with Crippen LogP contribution in [0.2, 0.25) is 0 Å². The lowest BCUT2D eigenvalue weighted by Gasteiger charge is -2.31. The first-order valence-corrected chi connectivity index (χ1v) is 4.92. The molecule has 0 aromatic rings. The number of carbonyl (C=O) groups excluding carboxylic acids is 1. The molecule has 0 fully saturated rings. The lowest BCUT2D eigenvalue weighted by Crippen LogP contribution is -2.57. The van der Waals surface area contributed by atoms with Crippen LogP contribution in [0.1, 0.15) is 19.3 Å². The smallest absolute Gasteiger partial charge is 0.373 e. The molecule has 0 aromatic carbocycles. The van der Waals surface area contributed by atoms with E-state index in [1.807, 2.05) is 0 Å². The monoisotopic (exact) mass is 286 g/mol. The molecule has 9 heteroatoms. The fourth-order valence-electron chi connectivity index (χ4n) is 0.999. The summed E-state index contributed by atoms with van der Waals surface area (Å²) in [6, 6.07) is 0. The third-order valence-electron chi connectivity index (χ3n) is 1.98. The lowest BCUT2D eigenvalue weighted by molar-refractivity contribution is -0.367. The summed E-state index contributed by atoms with van der Waals surface area (Å²) in [6.07, 6.45) is -14.6. The van der Waals surface area contributed by atoms with Crippen molar-refractivity contribution in [2.45, 2.75) is 37.2 Å². The van der Waals surface area contributed by atoms with E-state index in [0.717, 1.165) is 0 Å². The Balaban J connectivity index is 4.93. The van der Waals surface area contributed by atoms with Gasteiger partial charge in [-0.1, -0.05) is 0 Å². The van der Waals surface area contributed by atoms with Crippen LogP contribution >= 0.6 is 11.6 Å². The molecule has 0 rings (SSSR count). The van der Waals surface area contributed by atoms with Gasteiger partial charge >= 0.3 is 12.4 Å². The maximum absolute atomic E-state index is 12.1. The molecule has 0 spiro atoms. The Labute approximate surface area is 97.5 Å². The fraction of sp³-hybridized carbons (Fsp3) is 0.875. The summed E-state index contributed by atoms with van der Waals surface area (Å²) in [4.78, 5) is 10.9. The van der Waals surface area contributed by atoms with E-state index in [-0.39, 0.29) is 12.3 Å². The minimum Gasteiger partial charge on any atom is -0.373 e. The SMILES string of the molecule is O=C(CCCCl)CC(O)(C(F)(F)F)C(F)(F)F. The highest BCUT2D eigenvalue weighted by Crippen LogP contribution is 2.45. The summed E-state index contributed by atoms with van der Waals surface area (Å²) < 4.78 is 72.8. The first-order chi connectivity index (χ1) is 7.45. The van der Waals surface area contributed by atoms with Crippen molar-refractivity contribution in [2.75, 3.05) is 5.88 Å². The van der Waals surface area contributed by atoms with Crippen molar-refractivity contribution in [1.82, 2.24) is 0 Å². The topological polar surface area (TPSA) is 37.3 Å². The molecule has 0 aliphatic rings. The van der Waals surface area contributed by atoms with E-state index in [0.29, 0.717) is 0 Å². The van der Waals surface area contributed by atoms with Crippen molar-refractivity contribution in [1.29, 1.82) is 0 Å². The third-order valence-corrected chi connectivity index (χ3v) is 2.25. The first-order valence-electron chi connectivity index (χ1n) is 4.39. The normalized spacial score (nSPS) is 13.9. The van der Waals surface area contributed by atoms with Gasteiger partial charge in [0, 0.05) is 12.3 Å². The van der Waals surface area contributed by atoms with Crippen LogP contribution in [-0.2, 0) is 4.79 Å². The second-order valence-electron chi connectivity index (χ2n) is 3.36. The van der Waals surface area contributed by atoms with Crippen LogP contribution in [0.15, 0.2) is 0 Å². The maximum Gasteiger partial charge on any atom is 0.426 e. The standard InChI is InChI=1S/C8H9ClF6O2/c9-3-1-2-5(16)4-6(17,7(10,11)12)8(13,14)15/h17H,1-4H2. The van der Waals surface area contributed by atoms with E-state index < -0.39 is 36.6 Å². The van der Waals surface area contributed by atoms with Crippen molar-refractivity contribution in [3.63, 3.8) is 0 Å². The molecule has 0 bridgehead atoms. The number of hydrogen-bond acceptors (Lipinski definition) is 2. The number of ketones is 1. The number of hydrogen-bond donors (Lipinski definition) is 1. The minimum atomic E-state index is -5.96. The zero-order chi connectivity index (χ0) is 13.9. The van der Waals surface area contributed by atoms with Gasteiger partial charge in [-0.15, -0.1) is 11.6 Å². The van der Waals surface area contributed by atoms with Crippen LogP contribution in [0.3, 0.4) is 0 Å². The highest BCUT2D eigenvalue weighted by atomic mass is 35.5. The van der Waals surface area contributed by atoms with Gasteiger partial charge in [-0.3, -0.25) is 4.79 Å². The molecule has 0 heterocycles. The van der Waals surface area contributed by atoms with Gasteiger partial charge in [0.25, 0.3) is 5.60 Å². The second kappa shape index (κ2) is 5.43. The Hall–Kier alpha value is -0.500. The van der Waals surface area contributed by atoms with Gasteiger partial charge in [0.05, 0.1) is 6.42 Å². The van der Waals surface area contributed by atoms with Crippen molar-refractivity contribution in [3.8, 4) is 0 Å². The van der Waals surface area contributed by atoms with Crippen molar-refractivity contribution < 1.29 is 36.2 Å². The molecule has 0 aliphatic carbocycles. The van der Waals surface area contributed by atoms with Gasteiger partial charge < -0.3 is 5.11 Å². The highest BCUT2D eigenvalue weighted by Gasteiger charge is 2.70. The number of halogens is 7. The van der Waals surface area contributed by atoms with Crippen LogP contribution < -0.4 is 0 Å². The molecule has 0 aliphatic heterocycles. The lowest BCUT2D eigenvalue weighted by atomic mass is 9.94. The molecular formula is C8H9ClF6O2. The highest BCUT2D eigenvalue weighted by molar-refractivity contribution is 6.17. The van der Waals surface area contributed by atoms with E-state index >= 15 is 0 Å². The van der Waals surface area contributed by atoms with Crippen LogP contribution in [-0.4, -0.2) is 34.7 Å². The molecule has 1 N–H and O–H groups in total. The summed E-state index contributed by atoms with van der Waals surface area (Å²) in [5, 5.41) is 8.65. The van der Waals surface area contributed by atoms with Crippen LogP contribution in [0.5, 0.6) is 0 Å². The van der Waals surface area contributed by atoms with Crippen LogP contribution in [0.4, 0.5) is 26.3 Å². The Kier molecular flexibility index (Phi) is 5.27. The average molecular weight is 287 g/mol. The predicted octanol–water partition coefficient (Wildman–Crippen LogP) is 2.82. The van der Waals surface area contributed by atoms with Crippen LogP contribution in [0.25, 0.3) is 0 Å². The molecule has 102 valence electrons. The van der Waals surface area contributed by atoms with Gasteiger partial charge in [-0.2, -0.15) is 26.3 Å². The number of aliphatic hydroxyl groups is 1. The van der Waals surface area contributed by atoms with Crippen molar-refractivity contribution in [3.05, 3.63) is 0 Å². The second-order valence-corrected chi connectivity index (χ2v) is 3.74. The Morgan fingerprint density at radius 2 is 1.47 bits per heavy atom. The molecule has 17 heavy (non-hydrogen) atoms. The van der Waals surface area contributed by atoms with E-state index in [1.165, 1.54) is 0 Å². The zero-order valence-corrected chi connectivity index (χ0v) is 9.09. The summed E-state index contributed by atoms with van der Waals surface area (Å²) in [5.74, 6) is -1.41. The van der Waals surface area contributed by atoms with Gasteiger partial charge in [0.2, 0.25) is 0 Å². The Bertz CT molecular complexity index is 258. The Morgan fingerprint density at radius 3 is 1.76 bits per heavy atom. The molecule has 0 atom stereocenters. The largest absolute Gasteiger partial charge is 0.426 e. The summed E-state index contributed by atoms with van der Waals surface area (Å²) in [7, 11) is 0. The number of rotatable bonds is 5. The van der Waals surface area contributed by atoms with Crippen molar-refractivity contribution in [2.24, 2.45) is 0 Å². The number of alkyl halides is 7. The molecular weight excluding hydrogens is 278 g/mol. The third kappa shape index (κ3) is 4.02. The van der Waals surface area contributed by atoms with E-state index in [1.54, 1.807) is 0 Å². The van der Waals surface area contributed by atoms with Gasteiger partial charge in [-0.05, 0) is 6.42 Å². The van der Waals surface area contributed by atoms with Gasteiger partial charge in [0.15, 0.2) is 0 Å². The zero-order valence-electron chi connectivity index (χ0n) is 8.33. The van der Waals surface area contributed by atoms with E-state index in [2.05, 4.69) is 0 Å². The summed E-state index contributed by atoms with van der Waals surface area (Å²) >= 11 is 5.14. The molecule has 2 nitrogen and oxygen atoms in total. The minimum absolute atomic E-state index is 0.0494. The van der Waals surface area contributed by atoms with Gasteiger partial charge in [0.1, 0.15) is 5.78 Å². The first kappa shape index (κ1) is 16.5. The predicted molar refractivity (Wildman–Crippen MR) is 46.6 cm³/mol. The summed E-state index contributed by atoms with van der Waals surface area (Å²) in [5.41, 5.74) is -5.00. The van der Waals surface area contributed by atoms with E-state index in [4.69, 9.17) is 16.7 Å². The van der Waals surface area contributed by atoms with Gasteiger partial charge in [-0.25, -0.2) is 0 Å². The quantitative estimate of drug-likeness (QED) is 0.623. The number of carbonyl (C=O) groups is 1.